The maximum absolute atomic E-state index is 6.92. The molecule has 0 saturated heterocycles. The van der Waals surface area contributed by atoms with E-state index >= 15 is 0 Å². The van der Waals surface area contributed by atoms with Gasteiger partial charge in [0, 0.05) is 27.8 Å². The second-order valence-electron chi connectivity index (χ2n) is 14.1. The van der Waals surface area contributed by atoms with Gasteiger partial charge in [0.1, 0.15) is 5.75 Å². The fraction of sp³-hybridized carbons (Fsp3) is 0.0392. The van der Waals surface area contributed by atoms with Crippen molar-refractivity contribution < 1.29 is 4.74 Å². The Morgan fingerprint density at radius 2 is 0.891 bits per heavy atom. The van der Waals surface area contributed by atoms with E-state index in [1.54, 1.807) is 0 Å². The summed E-state index contributed by atoms with van der Waals surface area (Å²) < 4.78 is 6.92. The van der Waals surface area contributed by atoms with Gasteiger partial charge in [-0.25, -0.2) is 15.0 Å². The van der Waals surface area contributed by atoms with Crippen LogP contribution in [0.2, 0.25) is 0 Å². The van der Waals surface area contributed by atoms with Crippen LogP contribution in [0.3, 0.4) is 0 Å². The summed E-state index contributed by atoms with van der Waals surface area (Å²) in [5.41, 5.74) is 11.3. The zero-order valence-corrected chi connectivity index (χ0v) is 30.2. The second-order valence-corrected chi connectivity index (χ2v) is 14.1. The number of ether oxygens (including phenoxy) is 1. The minimum Gasteiger partial charge on any atom is -0.477 e. The Bertz CT molecular complexity index is 2830. The molecule has 0 saturated carbocycles. The standard InChI is InChI=1S/C51H35N3O/c1-51(41-17-6-3-7-18-41)46-22-11-10-20-44(46)45-32-31-40(33-47(45)55-51)34-23-27-38(28-24-34)49-52-48(37-14-4-2-5-15-37)53-50(54-49)39-29-25-36(26-30-39)43-21-12-16-35-13-8-9-19-42(35)43/h2-33H,1H3. The predicted molar refractivity (Wildman–Crippen MR) is 223 cm³/mol. The van der Waals surface area contributed by atoms with Gasteiger partial charge in [-0.2, -0.15) is 0 Å². The molecule has 9 aromatic rings. The molecule has 55 heavy (non-hydrogen) atoms. The minimum atomic E-state index is -0.615. The van der Waals surface area contributed by atoms with E-state index in [1.807, 2.05) is 36.4 Å². The molecule has 10 rings (SSSR count). The van der Waals surface area contributed by atoms with Crippen LogP contribution < -0.4 is 4.74 Å². The van der Waals surface area contributed by atoms with Crippen LogP contribution in [0.1, 0.15) is 18.1 Å². The van der Waals surface area contributed by atoms with Crippen molar-refractivity contribution in [1.29, 1.82) is 0 Å². The zero-order valence-electron chi connectivity index (χ0n) is 30.2. The molecule has 4 nitrogen and oxygen atoms in total. The van der Waals surface area contributed by atoms with Crippen LogP contribution >= 0.6 is 0 Å². The third-order valence-electron chi connectivity index (χ3n) is 10.7. The lowest BCUT2D eigenvalue weighted by atomic mass is 9.80. The van der Waals surface area contributed by atoms with Crippen molar-refractivity contribution in [2.75, 3.05) is 0 Å². The number of rotatable bonds is 6. The van der Waals surface area contributed by atoms with Gasteiger partial charge in [-0.1, -0.05) is 188 Å². The first kappa shape index (κ1) is 32.5. The summed E-state index contributed by atoms with van der Waals surface area (Å²) in [6, 6.07) is 67.5. The van der Waals surface area contributed by atoms with Crippen molar-refractivity contribution in [2.45, 2.75) is 12.5 Å². The number of nitrogens with zero attached hydrogens (tertiary/aromatic N) is 3. The van der Waals surface area contributed by atoms with Crippen molar-refractivity contribution in [3.05, 3.63) is 205 Å². The number of aromatic nitrogens is 3. The molecule has 260 valence electrons. The van der Waals surface area contributed by atoms with Crippen molar-refractivity contribution in [3.63, 3.8) is 0 Å². The molecule has 4 heteroatoms. The zero-order chi connectivity index (χ0) is 36.8. The number of benzene rings is 8. The van der Waals surface area contributed by atoms with E-state index in [0.29, 0.717) is 17.5 Å². The van der Waals surface area contributed by atoms with Gasteiger partial charge in [-0.3, -0.25) is 0 Å². The van der Waals surface area contributed by atoms with E-state index in [-0.39, 0.29) is 0 Å². The molecular weight excluding hydrogens is 671 g/mol. The maximum atomic E-state index is 6.92. The molecule has 0 radical (unpaired) electrons. The van der Waals surface area contributed by atoms with E-state index in [4.69, 9.17) is 19.7 Å². The number of hydrogen-bond acceptors (Lipinski definition) is 4. The Labute approximate surface area is 320 Å². The molecule has 1 unspecified atom stereocenters. The molecule has 1 atom stereocenters. The van der Waals surface area contributed by atoms with Crippen molar-refractivity contribution in [2.24, 2.45) is 0 Å². The van der Waals surface area contributed by atoms with Crippen molar-refractivity contribution in [3.8, 4) is 73.3 Å². The Morgan fingerprint density at radius 1 is 0.382 bits per heavy atom. The Balaban J connectivity index is 1.000. The molecule has 0 bridgehead atoms. The van der Waals surface area contributed by atoms with Crippen LogP contribution in [0.5, 0.6) is 5.75 Å². The number of hydrogen-bond donors (Lipinski definition) is 0. The predicted octanol–water partition coefficient (Wildman–Crippen LogP) is 12.7. The second kappa shape index (κ2) is 13.4. The van der Waals surface area contributed by atoms with E-state index in [9.17, 15) is 0 Å². The summed E-state index contributed by atoms with van der Waals surface area (Å²) in [5.74, 6) is 2.76. The summed E-state index contributed by atoms with van der Waals surface area (Å²) in [7, 11) is 0. The van der Waals surface area contributed by atoms with Crippen LogP contribution in [0, 0.1) is 0 Å². The lowest BCUT2D eigenvalue weighted by Crippen LogP contribution is -2.34. The van der Waals surface area contributed by atoms with Gasteiger partial charge in [0.05, 0.1) is 0 Å². The molecular formula is C51H35N3O. The minimum absolute atomic E-state index is 0.615. The Kier molecular flexibility index (Phi) is 7.88. The quantitative estimate of drug-likeness (QED) is 0.173. The molecule has 1 aliphatic heterocycles. The molecule has 1 aromatic heterocycles. The summed E-state index contributed by atoms with van der Waals surface area (Å²) >= 11 is 0. The molecule has 0 aliphatic carbocycles. The topological polar surface area (TPSA) is 47.9 Å². The highest BCUT2D eigenvalue weighted by molar-refractivity contribution is 5.96. The highest BCUT2D eigenvalue weighted by Gasteiger charge is 2.38. The summed E-state index contributed by atoms with van der Waals surface area (Å²) in [6.07, 6.45) is 0. The molecule has 1 aliphatic rings. The average molecular weight is 706 g/mol. The first-order valence-corrected chi connectivity index (χ1v) is 18.6. The summed E-state index contributed by atoms with van der Waals surface area (Å²) in [5, 5.41) is 2.45. The van der Waals surface area contributed by atoms with Gasteiger partial charge in [-0.05, 0) is 57.1 Å². The van der Waals surface area contributed by atoms with Crippen molar-refractivity contribution >= 4 is 10.8 Å². The molecule has 0 N–H and O–H groups in total. The smallest absolute Gasteiger partial charge is 0.164 e. The van der Waals surface area contributed by atoms with Crippen molar-refractivity contribution in [1.82, 2.24) is 15.0 Å². The van der Waals surface area contributed by atoms with Gasteiger partial charge >= 0.3 is 0 Å². The first-order valence-electron chi connectivity index (χ1n) is 18.6. The fourth-order valence-electron chi connectivity index (χ4n) is 7.83. The monoisotopic (exact) mass is 705 g/mol. The van der Waals surface area contributed by atoms with E-state index in [0.717, 1.165) is 55.8 Å². The average Bonchev–Trinajstić information content (AvgIpc) is 3.27. The third-order valence-corrected chi connectivity index (χ3v) is 10.7. The molecule has 0 amide bonds. The van der Waals surface area contributed by atoms with Crippen LogP contribution in [-0.4, -0.2) is 15.0 Å². The highest BCUT2D eigenvalue weighted by atomic mass is 16.5. The molecule has 2 heterocycles. The van der Waals surface area contributed by atoms with Gasteiger partial charge in [0.2, 0.25) is 0 Å². The van der Waals surface area contributed by atoms with Gasteiger partial charge in [0.25, 0.3) is 0 Å². The lowest BCUT2D eigenvalue weighted by molar-refractivity contribution is 0.129. The van der Waals surface area contributed by atoms with Crippen LogP contribution in [0.15, 0.2) is 194 Å². The normalized spacial score (nSPS) is 14.5. The third kappa shape index (κ3) is 5.85. The summed E-state index contributed by atoms with van der Waals surface area (Å²) in [4.78, 5) is 15.0. The van der Waals surface area contributed by atoms with E-state index in [1.165, 1.54) is 21.9 Å². The SMILES string of the molecule is CC1(c2ccccc2)Oc2cc(-c3ccc(-c4nc(-c5ccccc5)nc(-c5ccc(-c6cccc7ccccc67)cc5)n4)cc3)ccc2-c2ccccc21. The van der Waals surface area contributed by atoms with E-state index < -0.39 is 5.60 Å². The van der Waals surface area contributed by atoms with Crippen LogP contribution in [0.4, 0.5) is 0 Å². The largest absolute Gasteiger partial charge is 0.477 e. The van der Waals surface area contributed by atoms with E-state index in [2.05, 4.69) is 165 Å². The van der Waals surface area contributed by atoms with Gasteiger partial charge < -0.3 is 4.74 Å². The lowest BCUT2D eigenvalue weighted by Gasteiger charge is -2.38. The summed E-state index contributed by atoms with van der Waals surface area (Å²) in [6.45, 7) is 2.16. The molecule has 0 fully saturated rings. The Morgan fingerprint density at radius 3 is 1.60 bits per heavy atom. The molecule has 0 spiro atoms. The Hall–Kier alpha value is -7.17. The van der Waals surface area contributed by atoms with Crippen LogP contribution in [-0.2, 0) is 5.60 Å². The van der Waals surface area contributed by atoms with Gasteiger partial charge in [-0.15, -0.1) is 0 Å². The first-order chi connectivity index (χ1) is 27.1. The highest BCUT2D eigenvalue weighted by Crippen LogP contribution is 2.49. The fourth-order valence-corrected chi connectivity index (χ4v) is 7.83. The number of fused-ring (bicyclic) bond motifs is 4. The van der Waals surface area contributed by atoms with Crippen LogP contribution in [0.25, 0.3) is 78.3 Å². The maximum Gasteiger partial charge on any atom is 0.164 e. The van der Waals surface area contributed by atoms with Gasteiger partial charge in [0.15, 0.2) is 23.1 Å². The molecule has 8 aromatic carbocycles.